The summed E-state index contributed by atoms with van der Waals surface area (Å²) in [7, 11) is 0. The summed E-state index contributed by atoms with van der Waals surface area (Å²) in [6, 6.07) is 10.0. The number of benzene rings is 2. The first kappa shape index (κ1) is 15.9. The van der Waals surface area contributed by atoms with Gasteiger partial charge in [0.1, 0.15) is 5.52 Å². The first-order valence-electron chi connectivity index (χ1n) is 7.93. The SMILES string of the molecule is Cc1nc2cc(NC(=O)CNC(=O)c3ccc4c(c3)OCO4)ccc2o1. The minimum atomic E-state index is -0.374. The van der Waals surface area contributed by atoms with Crippen LogP contribution in [-0.2, 0) is 4.79 Å². The van der Waals surface area contributed by atoms with Crippen LogP contribution in [0.5, 0.6) is 11.5 Å². The van der Waals surface area contributed by atoms with Gasteiger partial charge in [0.05, 0.1) is 6.54 Å². The first-order valence-corrected chi connectivity index (χ1v) is 7.93. The Balaban J connectivity index is 1.36. The highest BCUT2D eigenvalue weighted by molar-refractivity contribution is 6.00. The molecule has 0 unspecified atom stereocenters. The van der Waals surface area contributed by atoms with Gasteiger partial charge in [-0.2, -0.15) is 0 Å². The summed E-state index contributed by atoms with van der Waals surface area (Å²) in [6.45, 7) is 1.73. The van der Waals surface area contributed by atoms with E-state index in [-0.39, 0.29) is 25.2 Å². The smallest absolute Gasteiger partial charge is 0.251 e. The van der Waals surface area contributed by atoms with Crippen molar-refractivity contribution in [2.45, 2.75) is 6.92 Å². The van der Waals surface area contributed by atoms with Crippen molar-refractivity contribution in [2.75, 3.05) is 18.7 Å². The quantitative estimate of drug-likeness (QED) is 0.746. The zero-order valence-electron chi connectivity index (χ0n) is 13.9. The summed E-state index contributed by atoms with van der Waals surface area (Å²) < 4.78 is 15.8. The molecular formula is C18H15N3O5. The van der Waals surface area contributed by atoms with Crippen LogP contribution in [0.3, 0.4) is 0 Å². The zero-order valence-corrected chi connectivity index (χ0v) is 13.9. The van der Waals surface area contributed by atoms with Crippen molar-refractivity contribution in [3.63, 3.8) is 0 Å². The van der Waals surface area contributed by atoms with E-state index < -0.39 is 0 Å². The third-order valence-corrected chi connectivity index (χ3v) is 3.82. The number of ether oxygens (including phenoxy) is 2. The monoisotopic (exact) mass is 353 g/mol. The van der Waals surface area contributed by atoms with Gasteiger partial charge in [-0.25, -0.2) is 4.98 Å². The first-order chi connectivity index (χ1) is 12.6. The maximum atomic E-state index is 12.2. The fourth-order valence-electron chi connectivity index (χ4n) is 2.63. The summed E-state index contributed by atoms with van der Waals surface area (Å²) in [4.78, 5) is 28.4. The van der Waals surface area contributed by atoms with Gasteiger partial charge >= 0.3 is 0 Å². The Labute approximate surface area is 148 Å². The Morgan fingerprint density at radius 2 is 1.96 bits per heavy atom. The second-order valence-corrected chi connectivity index (χ2v) is 5.71. The van der Waals surface area contributed by atoms with Gasteiger partial charge in [0.2, 0.25) is 12.7 Å². The molecule has 3 aromatic rings. The molecule has 8 heteroatoms. The summed E-state index contributed by atoms with van der Waals surface area (Å²) in [5, 5.41) is 5.28. The standard InChI is InChI=1S/C18H15N3O5/c1-10-20-13-7-12(3-5-14(13)26-10)21-17(22)8-19-18(23)11-2-4-15-16(6-11)25-9-24-15/h2-7H,8-9H2,1H3,(H,19,23)(H,21,22). The second-order valence-electron chi connectivity index (χ2n) is 5.71. The molecule has 0 fully saturated rings. The van der Waals surface area contributed by atoms with E-state index >= 15 is 0 Å². The van der Waals surface area contributed by atoms with E-state index in [0.717, 1.165) is 0 Å². The van der Waals surface area contributed by atoms with Crippen molar-refractivity contribution < 1.29 is 23.5 Å². The molecule has 1 aliphatic heterocycles. The van der Waals surface area contributed by atoms with Crippen LogP contribution < -0.4 is 20.1 Å². The summed E-state index contributed by atoms with van der Waals surface area (Å²) in [6.07, 6.45) is 0. The molecule has 1 aromatic heterocycles. The Hall–Kier alpha value is -3.55. The Morgan fingerprint density at radius 1 is 1.12 bits per heavy atom. The fourth-order valence-corrected chi connectivity index (χ4v) is 2.63. The lowest BCUT2D eigenvalue weighted by Gasteiger charge is -2.07. The predicted molar refractivity (Wildman–Crippen MR) is 92.3 cm³/mol. The maximum Gasteiger partial charge on any atom is 0.251 e. The van der Waals surface area contributed by atoms with Crippen molar-refractivity contribution >= 4 is 28.6 Å². The molecular weight excluding hydrogens is 338 g/mol. The molecule has 0 saturated carbocycles. The van der Waals surface area contributed by atoms with Crippen LogP contribution in [-0.4, -0.2) is 30.1 Å². The van der Waals surface area contributed by atoms with Crippen LogP contribution in [0.15, 0.2) is 40.8 Å². The average molecular weight is 353 g/mol. The van der Waals surface area contributed by atoms with Gasteiger partial charge in [0.15, 0.2) is 23.0 Å². The topological polar surface area (TPSA) is 103 Å². The molecule has 2 aromatic carbocycles. The van der Waals surface area contributed by atoms with Crippen molar-refractivity contribution in [1.82, 2.24) is 10.3 Å². The largest absolute Gasteiger partial charge is 0.454 e. The van der Waals surface area contributed by atoms with Gasteiger partial charge in [-0.1, -0.05) is 0 Å². The van der Waals surface area contributed by atoms with Crippen LogP contribution in [0, 0.1) is 6.92 Å². The Bertz CT molecular complexity index is 1010. The molecule has 4 rings (SSSR count). The summed E-state index contributed by atoms with van der Waals surface area (Å²) >= 11 is 0. The number of aromatic nitrogens is 1. The highest BCUT2D eigenvalue weighted by atomic mass is 16.7. The van der Waals surface area contributed by atoms with E-state index in [0.29, 0.717) is 39.7 Å². The molecule has 0 radical (unpaired) electrons. The molecule has 26 heavy (non-hydrogen) atoms. The highest BCUT2D eigenvalue weighted by Gasteiger charge is 2.16. The third-order valence-electron chi connectivity index (χ3n) is 3.82. The number of oxazole rings is 1. The zero-order chi connectivity index (χ0) is 18.1. The molecule has 1 aliphatic rings. The van der Waals surface area contributed by atoms with Gasteiger partial charge in [-0.05, 0) is 36.4 Å². The number of carbonyl (C=O) groups excluding carboxylic acids is 2. The van der Waals surface area contributed by atoms with Gasteiger partial charge < -0.3 is 24.5 Å². The highest BCUT2D eigenvalue weighted by Crippen LogP contribution is 2.32. The fraction of sp³-hybridized carbons (Fsp3) is 0.167. The van der Waals surface area contributed by atoms with Crippen LogP contribution in [0.25, 0.3) is 11.1 Å². The number of amides is 2. The molecule has 132 valence electrons. The summed E-state index contributed by atoms with van der Waals surface area (Å²) in [5.74, 6) is 0.940. The molecule has 8 nitrogen and oxygen atoms in total. The lowest BCUT2D eigenvalue weighted by Crippen LogP contribution is -2.32. The molecule has 0 aliphatic carbocycles. The molecule has 0 bridgehead atoms. The van der Waals surface area contributed by atoms with Gasteiger partial charge in [-0.15, -0.1) is 0 Å². The molecule has 2 heterocycles. The normalized spacial score (nSPS) is 12.2. The third kappa shape index (κ3) is 3.16. The number of nitrogens with zero attached hydrogens (tertiary/aromatic N) is 1. The van der Waals surface area contributed by atoms with Crippen molar-refractivity contribution in [3.05, 3.63) is 47.9 Å². The van der Waals surface area contributed by atoms with Crippen LogP contribution in [0.2, 0.25) is 0 Å². The summed E-state index contributed by atoms with van der Waals surface area (Å²) in [5.41, 5.74) is 2.27. The van der Waals surface area contributed by atoms with Crippen LogP contribution in [0.1, 0.15) is 16.2 Å². The number of hydrogen-bond donors (Lipinski definition) is 2. The number of carbonyl (C=O) groups is 2. The van der Waals surface area contributed by atoms with Gasteiger partial charge in [-0.3, -0.25) is 9.59 Å². The van der Waals surface area contributed by atoms with Crippen molar-refractivity contribution in [3.8, 4) is 11.5 Å². The molecule has 0 saturated heterocycles. The predicted octanol–water partition coefficient (Wildman–Crippen LogP) is 2.23. The minimum Gasteiger partial charge on any atom is -0.454 e. The Kier molecular flexibility index (Phi) is 3.92. The number of aryl methyl sites for hydroxylation is 1. The van der Waals surface area contributed by atoms with E-state index in [9.17, 15) is 9.59 Å². The van der Waals surface area contributed by atoms with E-state index in [1.807, 2.05) is 0 Å². The van der Waals surface area contributed by atoms with E-state index in [2.05, 4.69) is 15.6 Å². The number of rotatable bonds is 4. The van der Waals surface area contributed by atoms with E-state index in [4.69, 9.17) is 13.9 Å². The van der Waals surface area contributed by atoms with Crippen LogP contribution >= 0.6 is 0 Å². The molecule has 0 spiro atoms. The van der Waals surface area contributed by atoms with Crippen LogP contribution in [0.4, 0.5) is 5.69 Å². The maximum absolute atomic E-state index is 12.2. The molecule has 2 amide bonds. The lowest BCUT2D eigenvalue weighted by atomic mass is 10.2. The average Bonchev–Trinajstić information content (AvgIpc) is 3.23. The van der Waals surface area contributed by atoms with E-state index in [1.165, 1.54) is 0 Å². The number of hydrogen-bond acceptors (Lipinski definition) is 6. The van der Waals surface area contributed by atoms with E-state index in [1.54, 1.807) is 43.3 Å². The number of anilines is 1. The molecule has 0 atom stereocenters. The van der Waals surface area contributed by atoms with Gasteiger partial charge in [0, 0.05) is 18.2 Å². The van der Waals surface area contributed by atoms with Gasteiger partial charge in [0.25, 0.3) is 5.91 Å². The number of nitrogens with one attached hydrogen (secondary N) is 2. The Morgan fingerprint density at radius 3 is 2.85 bits per heavy atom. The second kappa shape index (κ2) is 6.40. The minimum absolute atomic E-state index is 0.137. The van der Waals surface area contributed by atoms with Crippen molar-refractivity contribution in [1.29, 1.82) is 0 Å². The molecule has 2 N–H and O–H groups in total. The lowest BCUT2D eigenvalue weighted by molar-refractivity contribution is -0.115. The van der Waals surface area contributed by atoms with Crippen molar-refractivity contribution in [2.24, 2.45) is 0 Å². The number of fused-ring (bicyclic) bond motifs is 2.